The van der Waals surface area contributed by atoms with Crippen LogP contribution in [0.4, 0.5) is 0 Å². The Balaban J connectivity index is 1.70. The lowest BCUT2D eigenvalue weighted by Gasteiger charge is -2.00. The summed E-state index contributed by atoms with van der Waals surface area (Å²) >= 11 is 1.53. The van der Waals surface area contributed by atoms with Gasteiger partial charge in [-0.15, -0.1) is 11.3 Å². The molecule has 0 aliphatic carbocycles. The van der Waals surface area contributed by atoms with Gasteiger partial charge in [0.1, 0.15) is 16.7 Å². The van der Waals surface area contributed by atoms with E-state index in [1.165, 1.54) is 16.2 Å². The molecule has 0 aliphatic heterocycles. The number of furan rings is 1. The maximum atomic E-state index is 8.68. The normalized spacial score (nSPS) is 10.2. The maximum Gasteiger partial charge on any atom is 0.110 e. The molecule has 0 aliphatic rings. The van der Waals surface area contributed by atoms with E-state index in [-0.39, 0.29) is 0 Å². The Morgan fingerprint density at radius 1 is 1.38 bits per heavy atom. The standard InChI is InChI=1S/C12H12N2OS/c13-8-11-3-4-12(16-11)9-14-6-5-10-2-1-7-15-10/h1-4,7,14H,5-6,9H2. The van der Waals surface area contributed by atoms with Crippen LogP contribution in [0.3, 0.4) is 0 Å². The molecule has 1 N–H and O–H groups in total. The highest BCUT2D eigenvalue weighted by atomic mass is 32.1. The molecule has 0 radical (unpaired) electrons. The van der Waals surface area contributed by atoms with Crippen molar-refractivity contribution in [2.45, 2.75) is 13.0 Å². The van der Waals surface area contributed by atoms with Crippen LogP contribution < -0.4 is 5.32 Å². The summed E-state index contributed by atoms with van der Waals surface area (Å²) in [6.45, 7) is 1.69. The smallest absolute Gasteiger partial charge is 0.110 e. The predicted molar refractivity (Wildman–Crippen MR) is 63.2 cm³/mol. The highest BCUT2D eigenvalue weighted by molar-refractivity contribution is 7.12. The second kappa shape index (κ2) is 5.50. The van der Waals surface area contributed by atoms with Crippen molar-refractivity contribution in [2.24, 2.45) is 0 Å². The van der Waals surface area contributed by atoms with Crippen LogP contribution >= 0.6 is 11.3 Å². The fraction of sp³-hybridized carbons (Fsp3) is 0.250. The van der Waals surface area contributed by atoms with Gasteiger partial charge < -0.3 is 9.73 Å². The summed E-state index contributed by atoms with van der Waals surface area (Å²) < 4.78 is 5.23. The fourth-order valence-corrected chi connectivity index (χ4v) is 2.19. The Labute approximate surface area is 98.3 Å². The molecule has 0 unspecified atom stereocenters. The van der Waals surface area contributed by atoms with Crippen LogP contribution in [-0.2, 0) is 13.0 Å². The topological polar surface area (TPSA) is 49.0 Å². The van der Waals surface area contributed by atoms with E-state index in [4.69, 9.17) is 9.68 Å². The summed E-state index contributed by atoms with van der Waals surface area (Å²) in [7, 11) is 0. The van der Waals surface area contributed by atoms with Crippen molar-refractivity contribution < 1.29 is 4.42 Å². The van der Waals surface area contributed by atoms with Crippen molar-refractivity contribution in [1.82, 2.24) is 5.32 Å². The Kier molecular flexibility index (Phi) is 3.76. The van der Waals surface area contributed by atoms with Gasteiger partial charge >= 0.3 is 0 Å². The number of hydrogen-bond acceptors (Lipinski definition) is 4. The highest BCUT2D eigenvalue weighted by Gasteiger charge is 1.99. The summed E-state index contributed by atoms with van der Waals surface area (Å²) in [5, 5.41) is 12.0. The molecule has 2 rings (SSSR count). The van der Waals surface area contributed by atoms with E-state index in [0.29, 0.717) is 0 Å². The second-order valence-corrected chi connectivity index (χ2v) is 4.55. The Morgan fingerprint density at radius 3 is 3.00 bits per heavy atom. The molecule has 3 nitrogen and oxygen atoms in total. The van der Waals surface area contributed by atoms with E-state index >= 15 is 0 Å². The van der Waals surface area contributed by atoms with E-state index in [9.17, 15) is 0 Å². The molecule has 16 heavy (non-hydrogen) atoms. The first-order chi connectivity index (χ1) is 7.88. The van der Waals surface area contributed by atoms with E-state index in [1.54, 1.807) is 6.26 Å². The summed E-state index contributed by atoms with van der Waals surface area (Å²) in [5.74, 6) is 0.997. The summed E-state index contributed by atoms with van der Waals surface area (Å²) in [6, 6.07) is 9.85. The van der Waals surface area contributed by atoms with Crippen molar-refractivity contribution in [3.05, 3.63) is 46.0 Å². The fourth-order valence-electron chi connectivity index (χ4n) is 1.41. The van der Waals surface area contributed by atoms with Crippen LogP contribution in [0.25, 0.3) is 0 Å². The lowest BCUT2D eigenvalue weighted by molar-refractivity contribution is 0.499. The highest BCUT2D eigenvalue weighted by Crippen LogP contribution is 2.14. The van der Waals surface area contributed by atoms with Gasteiger partial charge in [-0.05, 0) is 24.3 Å². The molecule has 0 fully saturated rings. The van der Waals surface area contributed by atoms with Gasteiger partial charge in [0.25, 0.3) is 0 Å². The minimum absolute atomic E-state index is 0.767. The number of hydrogen-bond donors (Lipinski definition) is 1. The quantitative estimate of drug-likeness (QED) is 0.806. The lowest BCUT2D eigenvalue weighted by atomic mass is 10.3. The van der Waals surface area contributed by atoms with Gasteiger partial charge in [-0.2, -0.15) is 5.26 Å². The molecule has 0 saturated carbocycles. The molecular weight excluding hydrogens is 220 g/mol. The van der Waals surface area contributed by atoms with Crippen molar-refractivity contribution in [2.75, 3.05) is 6.54 Å². The zero-order chi connectivity index (χ0) is 11.2. The van der Waals surface area contributed by atoms with E-state index in [2.05, 4.69) is 11.4 Å². The van der Waals surface area contributed by atoms with Crippen molar-refractivity contribution in [3.8, 4) is 6.07 Å². The number of nitrogens with one attached hydrogen (secondary N) is 1. The molecule has 0 spiro atoms. The summed E-state index contributed by atoms with van der Waals surface area (Å²) in [5.41, 5.74) is 0. The van der Waals surface area contributed by atoms with Crippen LogP contribution in [0, 0.1) is 11.3 Å². The van der Waals surface area contributed by atoms with Gasteiger partial charge in [0.15, 0.2) is 0 Å². The van der Waals surface area contributed by atoms with Crippen molar-refractivity contribution in [1.29, 1.82) is 5.26 Å². The molecule has 2 aromatic heterocycles. The predicted octanol–water partition coefficient (Wildman–Crippen LogP) is 2.55. The first-order valence-corrected chi connectivity index (χ1v) is 5.92. The third-order valence-corrected chi connectivity index (χ3v) is 3.19. The first-order valence-electron chi connectivity index (χ1n) is 5.10. The average Bonchev–Trinajstić information content (AvgIpc) is 2.95. The van der Waals surface area contributed by atoms with E-state index in [1.807, 2.05) is 24.3 Å². The molecule has 0 bridgehead atoms. The Morgan fingerprint density at radius 2 is 2.31 bits per heavy atom. The van der Waals surface area contributed by atoms with Gasteiger partial charge in [0.2, 0.25) is 0 Å². The summed E-state index contributed by atoms with van der Waals surface area (Å²) in [4.78, 5) is 1.96. The zero-order valence-electron chi connectivity index (χ0n) is 8.77. The molecule has 0 aromatic carbocycles. The van der Waals surface area contributed by atoms with Gasteiger partial charge in [-0.3, -0.25) is 0 Å². The van der Waals surface area contributed by atoms with Gasteiger partial charge in [0.05, 0.1) is 6.26 Å². The van der Waals surface area contributed by atoms with Crippen LogP contribution in [-0.4, -0.2) is 6.54 Å². The third kappa shape index (κ3) is 2.96. The minimum atomic E-state index is 0.767. The molecule has 0 atom stereocenters. The molecule has 2 aromatic rings. The number of nitriles is 1. The molecule has 0 amide bonds. The first kappa shape index (κ1) is 10.9. The second-order valence-electron chi connectivity index (χ2n) is 3.38. The van der Waals surface area contributed by atoms with Crippen LogP contribution in [0.2, 0.25) is 0 Å². The Bertz CT molecular complexity index is 467. The SMILES string of the molecule is N#Cc1ccc(CNCCc2ccco2)s1. The third-order valence-electron chi connectivity index (χ3n) is 2.20. The number of rotatable bonds is 5. The summed E-state index contributed by atoms with van der Waals surface area (Å²) in [6.07, 6.45) is 2.58. The van der Waals surface area contributed by atoms with E-state index < -0.39 is 0 Å². The van der Waals surface area contributed by atoms with Gasteiger partial charge in [-0.1, -0.05) is 0 Å². The molecular formula is C12H12N2OS. The van der Waals surface area contributed by atoms with E-state index in [0.717, 1.165) is 30.1 Å². The largest absolute Gasteiger partial charge is 0.469 e. The molecule has 2 heterocycles. The molecule has 4 heteroatoms. The average molecular weight is 232 g/mol. The van der Waals surface area contributed by atoms with Crippen LogP contribution in [0.5, 0.6) is 0 Å². The minimum Gasteiger partial charge on any atom is -0.469 e. The van der Waals surface area contributed by atoms with Gasteiger partial charge in [0, 0.05) is 24.4 Å². The van der Waals surface area contributed by atoms with Crippen molar-refractivity contribution in [3.63, 3.8) is 0 Å². The van der Waals surface area contributed by atoms with Crippen molar-refractivity contribution >= 4 is 11.3 Å². The van der Waals surface area contributed by atoms with Crippen LogP contribution in [0.1, 0.15) is 15.5 Å². The maximum absolute atomic E-state index is 8.68. The monoisotopic (exact) mass is 232 g/mol. The lowest BCUT2D eigenvalue weighted by Crippen LogP contribution is -2.15. The molecule has 82 valence electrons. The zero-order valence-corrected chi connectivity index (χ0v) is 9.59. The number of nitrogens with zero attached hydrogens (tertiary/aromatic N) is 1. The molecule has 0 saturated heterocycles. The number of thiophene rings is 1. The van der Waals surface area contributed by atoms with Crippen LogP contribution in [0.15, 0.2) is 34.9 Å². The Hall–Kier alpha value is -1.57. The van der Waals surface area contributed by atoms with Gasteiger partial charge in [-0.25, -0.2) is 0 Å².